The first-order chi connectivity index (χ1) is 13.2. The standard InChI is InChI=1S/C23H27NO3/c1-3-26-20-12-7-18(8-13-20)9-16-23(25)24-17-5-6-22(24)19-10-14-21(15-11-19)27-4-2/h7-16,22H,3-6,17H2,1-2H3/b16-9+. The second-order valence-corrected chi connectivity index (χ2v) is 6.53. The molecule has 0 radical (unpaired) electrons. The molecular weight excluding hydrogens is 338 g/mol. The van der Waals surface area contributed by atoms with Gasteiger partial charge in [-0.25, -0.2) is 0 Å². The van der Waals surface area contributed by atoms with Crippen LogP contribution >= 0.6 is 0 Å². The van der Waals surface area contributed by atoms with E-state index in [1.807, 2.05) is 61.2 Å². The van der Waals surface area contributed by atoms with Gasteiger partial charge in [0.15, 0.2) is 0 Å². The summed E-state index contributed by atoms with van der Waals surface area (Å²) in [5, 5.41) is 0. The molecule has 0 spiro atoms. The number of benzene rings is 2. The van der Waals surface area contributed by atoms with Gasteiger partial charge in [-0.15, -0.1) is 0 Å². The summed E-state index contributed by atoms with van der Waals surface area (Å²) in [5.74, 6) is 1.77. The molecule has 1 heterocycles. The zero-order valence-electron chi connectivity index (χ0n) is 16.1. The van der Waals surface area contributed by atoms with Crippen LogP contribution in [0, 0.1) is 0 Å². The van der Waals surface area contributed by atoms with E-state index in [1.165, 1.54) is 5.56 Å². The van der Waals surface area contributed by atoms with Crippen LogP contribution in [0.3, 0.4) is 0 Å². The molecule has 0 bridgehead atoms. The van der Waals surface area contributed by atoms with Crippen molar-refractivity contribution in [2.75, 3.05) is 19.8 Å². The Morgan fingerprint density at radius 1 is 1.00 bits per heavy atom. The lowest BCUT2D eigenvalue weighted by Gasteiger charge is -2.24. The van der Waals surface area contributed by atoms with Gasteiger partial charge in [-0.05, 0) is 68.2 Å². The number of carbonyl (C=O) groups excluding carboxylic acids is 1. The maximum Gasteiger partial charge on any atom is 0.247 e. The Kier molecular flexibility index (Phi) is 6.53. The molecule has 1 fully saturated rings. The summed E-state index contributed by atoms with van der Waals surface area (Å²) in [5.41, 5.74) is 2.15. The van der Waals surface area contributed by atoms with Crippen molar-refractivity contribution in [3.63, 3.8) is 0 Å². The Morgan fingerprint density at radius 2 is 1.59 bits per heavy atom. The Hall–Kier alpha value is -2.75. The molecule has 0 aromatic heterocycles. The fourth-order valence-corrected chi connectivity index (χ4v) is 3.44. The first-order valence-corrected chi connectivity index (χ1v) is 9.65. The smallest absolute Gasteiger partial charge is 0.247 e. The average molecular weight is 365 g/mol. The average Bonchev–Trinajstić information content (AvgIpc) is 3.18. The molecule has 1 aliphatic heterocycles. The lowest BCUT2D eigenvalue weighted by atomic mass is 10.0. The van der Waals surface area contributed by atoms with E-state index < -0.39 is 0 Å². The van der Waals surface area contributed by atoms with Gasteiger partial charge in [-0.3, -0.25) is 4.79 Å². The number of likely N-dealkylation sites (tertiary alicyclic amines) is 1. The van der Waals surface area contributed by atoms with Crippen LogP contribution in [-0.2, 0) is 4.79 Å². The molecule has 142 valence electrons. The highest BCUT2D eigenvalue weighted by molar-refractivity contribution is 5.92. The van der Waals surface area contributed by atoms with Gasteiger partial charge in [-0.1, -0.05) is 24.3 Å². The third-order valence-corrected chi connectivity index (χ3v) is 4.72. The predicted octanol–water partition coefficient (Wildman–Crippen LogP) is 4.86. The first kappa shape index (κ1) is 19.0. The molecule has 1 saturated heterocycles. The minimum atomic E-state index is 0.0558. The molecule has 1 unspecified atom stereocenters. The molecule has 3 rings (SSSR count). The number of hydrogen-bond donors (Lipinski definition) is 0. The van der Waals surface area contributed by atoms with Gasteiger partial charge in [0, 0.05) is 12.6 Å². The summed E-state index contributed by atoms with van der Waals surface area (Å²) in [6, 6.07) is 16.0. The molecular formula is C23H27NO3. The van der Waals surface area contributed by atoms with Crippen molar-refractivity contribution in [2.45, 2.75) is 32.7 Å². The molecule has 0 aliphatic carbocycles. The molecule has 1 amide bonds. The third kappa shape index (κ3) is 4.91. The lowest BCUT2D eigenvalue weighted by molar-refractivity contribution is -0.126. The van der Waals surface area contributed by atoms with E-state index in [0.29, 0.717) is 13.2 Å². The molecule has 4 nitrogen and oxygen atoms in total. The van der Waals surface area contributed by atoms with Crippen molar-refractivity contribution in [3.8, 4) is 11.5 Å². The molecule has 2 aromatic carbocycles. The van der Waals surface area contributed by atoms with E-state index in [4.69, 9.17) is 9.47 Å². The van der Waals surface area contributed by atoms with Crippen molar-refractivity contribution >= 4 is 12.0 Å². The summed E-state index contributed by atoms with van der Waals surface area (Å²) in [4.78, 5) is 14.7. The monoisotopic (exact) mass is 365 g/mol. The number of nitrogens with zero attached hydrogens (tertiary/aromatic N) is 1. The van der Waals surface area contributed by atoms with Crippen LogP contribution in [0.2, 0.25) is 0 Å². The lowest BCUT2D eigenvalue weighted by Crippen LogP contribution is -2.28. The summed E-state index contributed by atoms with van der Waals surface area (Å²) < 4.78 is 11.0. The van der Waals surface area contributed by atoms with Gasteiger partial charge in [0.05, 0.1) is 19.3 Å². The van der Waals surface area contributed by atoms with Crippen molar-refractivity contribution < 1.29 is 14.3 Å². The van der Waals surface area contributed by atoms with Crippen molar-refractivity contribution in [1.29, 1.82) is 0 Å². The fraction of sp³-hybridized carbons (Fsp3) is 0.348. The normalized spacial score (nSPS) is 16.7. The minimum absolute atomic E-state index is 0.0558. The molecule has 0 saturated carbocycles. The van der Waals surface area contributed by atoms with E-state index in [1.54, 1.807) is 6.08 Å². The highest BCUT2D eigenvalue weighted by atomic mass is 16.5. The molecule has 2 aromatic rings. The zero-order valence-corrected chi connectivity index (χ0v) is 16.1. The van der Waals surface area contributed by atoms with Crippen LogP contribution < -0.4 is 9.47 Å². The highest BCUT2D eigenvalue weighted by Crippen LogP contribution is 2.33. The molecule has 0 N–H and O–H groups in total. The van der Waals surface area contributed by atoms with Gasteiger partial charge in [0.2, 0.25) is 5.91 Å². The van der Waals surface area contributed by atoms with Gasteiger partial charge in [0.25, 0.3) is 0 Å². The summed E-state index contributed by atoms with van der Waals surface area (Å²) in [6.07, 6.45) is 5.56. The summed E-state index contributed by atoms with van der Waals surface area (Å²) >= 11 is 0. The van der Waals surface area contributed by atoms with E-state index in [2.05, 4.69) is 12.1 Å². The molecule has 1 atom stereocenters. The fourth-order valence-electron chi connectivity index (χ4n) is 3.44. The highest BCUT2D eigenvalue weighted by Gasteiger charge is 2.28. The Morgan fingerprint density at radius 3 is 2.19 bits per heavy atom. The third-order valence-electron chi connectivity index (χ3n) is 4.72. The maximum absolute atomic E-state index is 12.7. The molecule has 4 heteroatoms. The molecule has 27 heavy (non-hydrogen) atoms. The number of carbonyl (C=O) groups is 1. The van der Waals surface area contributed by atoms with Crippen LogP contribution in [0.5, 0.6) is 11.5 Å². The second-order valence-electron chi connectivity index (χ2n) is 6.53. The number of rotatable bonds is 7. The topological polar surface area (TPSA) is 38.8 Å². The number of amides is 1. The number of ether oxygens (including phenoxy) is 2. The Balaban J connectivity index is 1.66. The van der Waals surface area contributed by atoms with Crippen molar-refractivity contribution in [1.82, 2.24) is 4.90 Å². The van der Waals surface area contributed by atoms with Gasteiger partial charge in [0.1, 0.15) is 11.5 Å². The first-order valence-electron chi connectivity index (χ1n) is 9.65. The van der Waals surface area contributed by atoms with Gasteiger partial charge in [-0.2, -0.15) is 0 Å². The van der Waals surface area contributed by atoms with Crippen LogP contribution in [0.15, 0.2) is 54.6 Å². The van der Waals surface area contributed by atoms with Crippen LogP contribution in [0.25, 0.3) is 6.08 Å². The van der Waals surface area contributed by atoms with E-state index >= 15 is 0 Å². The largest absolute Gasteiger partial charge is 0.494 e. The second kappa shape index (κ2) is 9.26. The quantitative estimate of drug-likeness (QED) is 0.658. The van der Waals surface area contributed by atoms with Gasteiger partial charge >= 0.3 is 0 Å². The van der Waals surface area contributed by atoms with E-state index in [9.17, 15) is 4.79 Å². The Bertz CT molecular complexity index is 765. The van der Waals surface area contributed by atoms with E-state index in [0.717, 1.165) is 36.4 Å². The van der Waals surface area contributed by atoms with Crippen molar-refractivity contribution in [2.24, 2.45) is 0 Å². The summed E-state index contributed by atoms with van der Waals surface area (Å²) in [7, 11) is 0. The SMILES string of the molecule is CCOc1ccc(/C=C/C(=O)N2CCCC2c2ccc(OCC)cc2)cc1. The van der Waals surface area contributed by atoms with Crippen molar-refractivity contribution in [3.05, 3.63) is 65.7 Å². The minimum Gasteiger partial charge on any atom is -0.494 e. The molecule has 1 aliphatic rings. The van der Waals surface area contributed by atoms with Crippen LogP contribution in [0.4, 0.5) is 0 Å². The maximum atomic E-state index is 12.7. The predicted molar refractivity (Wildman–Crippen MR) is 108 cm³/mol. The van der Waals surface area contributed by atoms with Gasteiger partial charge < -0.3 is 14.4 Å². The summed E-state index contributed by atoms with van der Waals surface area (Å²) in [6.45, 7) is 6.04. The zero-order chi connectivity index (χ0) is 19.1. The number of hydrogen-bond acceptors (Lipinski definition) is 3. The Labute approximate surface area is 161 Å². The van der Waals surface area contributed by atoms with Crippen LogP contribution in [0.1, 0.15) is 43.9 Å². The van der Waals surface area contributed by atoms with E-state index in [-0.39, 0.29) is 11.9 Å². The van der Waals surface area contributed by atoms with Crippen LogP contribution in [-0.4, -0.2) is 30.6 Å².